The molecule has 2 atom stereocenters. The highest BCUT2D eigenvalue weighted by Crippen LogP contribution is 2.39. The third-order valence-electron chi connectivity index (χ3n) is 4.29. The van der Waals surface area contributed by atoms with Crippen LogP contribution in [0, 0.1) is 0 Å². The lowest BCUT2D eigenvalue weighted by Gasteiger charge is -2.37. The third-order valence-corrected chi connectivity index (χ3v) is 4.54. The number of benzene rings is 2. The summed E-state index contributed by atoms with van der Waals surface area (Å²) in [5, 5.41) is 16.4. The summed E-state index contributed by atoms with van der Waals surface area (Å²) in [6, 6.07) is 15.3. The van der Waals surface area contributed by atoms with Crippen LogP contribution in [-0.4, -0.2) is 18.8 Å². The van der Waals surface area contributed by atoms with E-state index in [0.29, 0.717) is 24.4 Å². The molecule has 0 amide bonds. The van der Waals surface area contributed by atoms with Crippen molar-refractivity contribution < 1.29 is 9.84 Å². The van der Waals surface area contributed by atoms with Crippen molar-refractivity contribution in [1.29, 1.82) is 0 Å². The monoisotopic (exact) mass is 316 g/mol. The first-order valence-electron chi connectivity index (χ1n) is 7.40. The van der Waals surface area contributed by atoms with Gasteiger partial charge in [0, 0.05) is 18.0 Å². The summed E-state index contributed by atoms with van der Waals surface area (Å²) in [6.07, 6.45) is 1.22. The van der Waals surface area contributed by atoms with Crippen LogP contribution in [-0.2, 0) is 5.60 Å². The van der Waals surface area contributed by atoms with E-state index in [9.17, 15) is 5.11 Å². The molecule has 2 aromatic carbocycles. The highest BCUT2D eigenvalue weighted by Gasteiger charge is 2.36. The lowest BCUT2D eigenvalue weighted by molar-refractivity contribution is -0.0105. The molecule has 2 unspecified atom stereocenters. The van der Waals surface area contributed by atoms with Gasteiger partial charge in [-0.05, 0) is 41.8 Å². The van der Waals surface area contributed by atoms with Crippen LogP contribution < -0.4 is 10.1 Å². The second kappa shape index (κ2) is 6.29. The van der Waals surface area contributed by atoms with Gasteiger partial charge in [-0.15, -0.1) is 0 Å². The molecule has 115 valence electrons. The van der Waals surface area contributed by atoms with E-state index >= 15 is 0 Å². The molecule has 1 radical (unpaired) electrons. The molecule has 0 bridgehead atoms. The highest BCUT2D eigenvalue weighted by molar-refractivity contribution is 6.30. The highest BCUT2D eigenvalue weighted by atomic mass is 35.5. The van der Waals surface area contributed by atoms with Gasteiger partial charge in [0.25, 0.3) is 0 Å². The molecule has 1 N–H and O–H groups in total. The first kappa shape index (κ1) is 15.3. The van der Waals surface area contributed by atoms with Gasteiger partial charge in [0.15, 0.2) is 0 Å². The van der Waals surface area contributed by atoms with Crippen LogP contribution in [0.3, 0.4) is 0 Å². The Morgan fingerprint density at radius 3 is 2.45 bits per heavy atom. The van der Waals surface area contributed by atoms with Crippen molar-refractivity contribution in [2.24, 2.45) is 0 Å². The fraction of sp³-hybridized carbons (Fsp3) is 0.333. The van der Waals surface area contributed by atoms with Gasteiger partial charge < -0.3 is 9.84 Å². The molecule has 2 aromatic rings. The molecule has 0 aliphatic carbocycles. The Bertz CT molecular complexity index is 627. The maximum Gasteiger partial charge on any atom is 0.118 e. The molecule has 0 spiro atoms. The smallest absolute Gasteiger partial charge is 0.118 e. The minimum absolute atomic E-state index is 0.000309. The number of hydrogen-bond donors (Lipinski definition) is 1. The predicted octanol–water partition coefficient (Wildman–Crippen LogP) is 3.68. The normalized spacial score (nSPS) is 25.0. The zero-order valence-electron chi connectivity index (χ0n) is 12.5. The lowest BCUT2D eigenvalue weighted by atomic mass is 9.80. The van der Waals surface area contributed by atoms with Crippen molar-refractivity contribution in [2.45, 2.75) is 24.5 Å². The number of piperidine rings is 1. The van der Waals surface area contributed by atoms with Crippen LogP contribution in [0.2, 0.25) is 5.02 Å². The van der Waals surface area contributed by atoms with Crippen molar-refractivity contribution in [3.05, 3.63) is 64.7 Å². The fourth-order valence-corrected chi connectivity index (χ4v) is 3.09. The molecule has 3 rings (SSSR count). The molecule has 4 heteroatoms. The number of ether oxygens (including phenoxy) is 1. The average Bonchev–Trinajstić information content (AvgIpc) is 2.55. The minimum atomic E-state index is -0.850. The van der Waals surface area contributed by atoms with Gasteiger partial charge >= 0.3 is 0 Å². The Labute approximate surface area is 135 Å². The molecular weight excluding hydrogens is 298 g/mol. The quantitative estimate of drug-likeness (QED) is 0.938. The van der Waals surface area contributed by atoms with E-state index in [1.54, 1.807) is 7.11 Å². The van der Waals surface area contributed by atoms with Gasteiger partial charge in [-0.2, -0.15) is 0 Å². The molecule has 0 aromatic heterocycles. The Hall–Kier alpha value is -1.55. The minimum Gasteiger partial charge on any atom is -0.497 e. The molecule has 1 fully saturated rings. The topological polar surface area (TPSA) is 43.6 Å². The lowest BCUT2D eigenvalue weighted by Crippen LogP contribution is -2.38. The van der Waals surface area contributed by atoms with E-state index in [2.05, 4.69) is 5.32 Å². The average molecular weight is 317 g/mol. The molecule has 1 aliphatic rings. The number of aliphatic hydroxyl groups is 1. The Morgan fingerprint density at radius 2 is 1.82 bits per heavy atom. The van der Waals surface area contributed by atoms with Crippen LogP contribution in [0.15, 0.2) is 48.5 Å². The summed E-state index contributed by atoms with van der Waals surface area (Å²) < 4.78 is 5.19. The second-order valence-corrected chi connectivity index (χ2v) is 6.12. The molecular formula is C18H19ClNO2. The summed E-state index contributed by atoms with van der Waals surface area (Å²) in [5.74, 6) is 0.826. The van der Waals surface area contributed by atoms with Crippen molar-refractivity contribution in [3.8, 4) is 5.75 Å². The second-order valence-electron chi connectivity index (χ2n) is 5.69. The van der Waals surface area contributed by atoms with Crippen molar-refractivity contribution >= 4 is 11.6 Å². The van der Waals surface area contributed by atoms with Crippen molar-refractivity contribution in [2.75, 3.05) is 13.7 Å². The number of rotatable bonds is 3. The van der Waals surface area contributed by atoms with Crippen molar-refractivity contribution in [1.82, 2.24) is 5.32 Å². The zero-order chi connectivity index (χ0) is 15.6. The van der Waals surface area contributed by atoms with Crippen molar-refractivity contribution in [3.63, 3.8) is 0 Å². The van der Waals surface area contributed by atoms with Gasteiger partial charge in [-0.3, -0.25) is 0 Å². The summed E-state index contributed by atoms with van der Waals surface area (Å²) in [7, 11) is 1.65. The standard InChI is InChI=1S/C18H19ClNO2/c1-22-16-8-2-13(3-9-16)17-12-18(21,10-11-20-17)14-4-6-15(19)7-5-14/h2-9,17,21H,10-12H2,1H3. The Balaban J connectivity index is 1.82. The van der Waals surface area contributed by atoms with Crippen LogP contribution in [0.1, 0.15) is 30.0 Å². The maximum absolute atomic E-state index is 11.0. The largest absolute Gasteiger partial charge is 0.497 e. The van der Waals surface area contributed by atoms with Gasteiger partial charge in [-0.25, -0.2) is 5.32 Å². The van der Waals surface area contributed by atoms with Gasteiger partial charge in [0.1, 0.15) is 5.75 Å². The van der Waals surface area contributed by atoms with E-state index < -0.39 is 5.60 Å². The summed E-state index contributed by atoms with van der Waals surface area (Å²) in [6.45, 7) is 0.649. The zero-order valence-corrected chi connectivity index (χ0v) is 13.3. The van der Waals surface area contributed by atoms with E-state index in [1.807, 2.05) is 48.5 Å². The number of hydrogen-bond acceptors (Lipinski definition) is 2. The number of halogens is 1. The van der Waals surface area contributed by atoms with Gasteiger partial charge in [-0.1, -0.05) is 35.9 Å². The SMILES string of the molecule is COc1ccc(C2CC(O)(c3ccc(Cl)cc3)CC[N]2)cc1. The van der Waals surface area contributed by atoms with Gasteiger partial charge in [0.2, 0.25) is 0 Å². The summed E-state index contributed by atoms with van der Waals surface area (Å²) in [5.41, 5.74) is 1.16. The van der Waals surface area contributed by atoms with Crippen LogP contribution in [0.4, 0.5) is 0 Å². The van der Waals surface area contributed by atoms with E-state index in [4.69, 9.17) is 16.3 Å². The number of methoxy groups -OCH3 is 1. The van der Waals surface area contributed by atoms with E-state index in [1.165, 1.54) is 0 Å². The first-order valence-corrected chi connectivity index (χ1v) is 7.77. The summed E-state index contributed by atoms with van der Waals surface area (Å²) in [4.78, 5) is 0. The molecule has 22 heavy (non-hydrogen) atoms. The molecule has 1 heterocycles. The third kappa shape index (κ3) is 3.12. The van der Waals surface area contributed by atoms with Crippen LogP contribution in [0.5, 0.6) is 5.75 Å². The van der Waals surface area contributed by atoms with Gasteiger partial charge in [0.05, 0.1) is 18.8 Å². The number of nitrogens with zero attached hydrogens (tertiary/aromatic N) is 1. The molecule has 1 aliphatic heterocycles. The molecule has 1 saturated heterocycles. The Morgan fingerprint density at radius 1 is 1.14 bits per heavy atom. The van der Waals surface area contributed by atoms with Crippen LogP contribution >= 0.6 is 11.6 Å². The maximum atomic E-state index is 11.0. The summed E-state index contributed by atoms with van der Waals surface area (Å²) >= 11 is 5.94. The fourth-order valence-electron chi connectivity index (χ4n) is 2.96. The predicted molar refractivity (Wildman–Crippen MR) is 87.3 cm³/mol. The first-order chi connectivity index (χ1) is 10.6. The molecule has 3 nitrogen and oxygen atoms in total. The van der Waals surface area contributed by atoms with E-state index in [-0.39, 0.29) is 6.04 Å². The Kier molecular flexibility index (Phi) is 4.39. The molecule has 0 saturated carbocycles. The van der Waals surface area contributed by atoms with E-state index in [0.717, 1.165) is 16.9 Å². The van der Waals surface area contributed by atoms with Crippen LogP contribution in [0.25, 0.3) is 0 Å².